The van der Waals surface area contributed by atoms with Gasteiger partial charge >= 0.3 is 0 Å². The Morgan fingerprint density at radius 1 is 1.12 bits per heavy atom. The molecule has 0 aliphatic carbocycles. The van der Waals surface area contributed by atoms with Crippen LogP contribution in [0.2, 0.25) is 0 Å². The average Bonchev–Trinajstić information content (AvgIpc) is 3.23. The van der Waals surface area contributed by atoms with Crippen molar-refractivity contribution in [3.63, 3.8) is 0 Å². The molecule has 0 fully saturated rings. The maximum atomic E-state index is 11.1. The average molecular weight is 484 g/mol. The van der Waals surface area contributed by atoms with E-state index in [9.17, 15) is 8.42 Å². The molecular formula is C25H29N3O5S. The molecule has 34 heavy (non-hydrogen) atoms. The third kappa shape index (κ3) is 6.24. The SMILES string of the molecule is CC(C)(C)O/N=c1/cc(-c2cc3cccn3cn2)oc2ccc(CCCCOS(C)(=O)=O)cc12. The van der Waals surface area contributed by atoms with Crippen molar-refractivity contribution in [2.75, 3.05) is 12.9 Å². The molecule has 0 amide bonds. The summed E-state index contributed by atoms with van der Waals surface area (Å²) in [5, 5.41) is 5.94. The first kappa shape index (κ1) is 24.0. The second kappa shape index (κ2) is 9.60. The van der Waals surface area contributed by atoms with Crippen LogP contribution in [0, 0.1) is 0 Å². The summed E-state index contributed by atoms with van der Waals surface area (Å²) in [6.07, 6.45) is 6.97. The fourth-order valence-corrected chi connectivity index (χ4v) is 3.89. The number of rotatable bonds is 8. The van der Waals surface area contributed by atoms with Gasteiger partial charge in [-0.2, -0.15) is 8.42 Å². The van der Waals surface area contributed by atoms with E-state index in [1.807, 2.05) is 73.8 Å². The molecule has 8 nitrogen and oxygen atoms in total. The van der Waals surface area contributed by atoms with Crippen molar-refractivity contribution in [3.05, 3.63) is 65.9 Å². The smallest absolute Gasteiger partial charge is 0.264 e. The molecule has 3 aromatic heterocycles. The summed E-state index contributed by atoms with van der Waals surface area (Å²) in [6.45, 7) is 6.02. The van der Waals surface area contributed by atoms with Crippen molar-refractivity contribution in [1.82, 2.24) is 9.38 Å². The van der Waals surface area contributed by atoms with Crippen molar-refractivity contribution in [2.24, 2.45) is 5.16 Å². The van der Waals surface area contributed by atoms with Gasteiger partial charge in [-0.25, -0.2) is 4.98 Å². The fourth-order valence-electron chi connectivity index (χ4n) is 3.47. The highest BCUT2D eigenvalue weighted by atomic mass is 32.2. The lowest BCUT2D eigenvalue weighted by molar-refractivity contribution is -0.00585. The molecule has 0 saturated carbocycles. The number of benzene rings is 1. The van der Waals surface area contributed by atoms with Crippen LogP contribution in [-0.4, -0.2) is 36.3 Å². The van der Waals surface area contributed by atoms with Crippen LogP contribution in [0.1, 0.15) is 39.2 Å². The van der Waals surface area contributed by atoms with Gasteiger partial charge in [0.05, 0.1) is 19.2 Å². The van der Waals surface area contributed by atoms with E-state index in [-0.39, 0.29) is 6.61 Å². The molecule has 0 aliphatic heterocycles. The molecule has 0 spiro atoms. The first-order valence-corrected chi connectivity index (χ1v) is 13.0. The lowest BCUT2D eigenvalue weighted by Crippen LogP contribution is -2.18. The zero-order valence-corrected chi connectivity index (χ0v) is 20.6. The molecule has 0 aliphatic rings. The van der Waals surface area contributed by atoms with Crippen molar-refractivity contribution < 1.29 is 21.9 Å². The normalized spacial score (nSPS) is 13.1. The number of fused-ring (bicyclic) bond motifs is 2. The third-order valence-electron chi connectivity index (χ3n) is 5.05. The van der Waals surface area contributed by atoms with E-state index in [4.69, 9.17) is 13.4 Å². The monoisotopic (exact) mass is 483 g/mol. The Morgan fingerprint density at radius 2 is 1.94 bits per heavy atom. The molecule has 0 atom stereocenters. The second-order valence-corrected chi connectivity index (χ2v) is 10.9. The van der Waals surface area contributed by atoms with E-state index in [0.29, 0.717) is 28.8 Å². The predicted molar refractivity (Wildman–Crippen MR) is 131 cm³/mol. The van der Waals surface area contributed by atoms with Gasteiger partial charge in [-0.1, -0.05) is 11.2 Å². The predicted octanol–water partition coefficient (Wildman–Crippen LogP) is 4.68. The Bertz CT molecular complexity index is 1480. The Hall–Kier alpha value is -3.17. The van der Waals surface area contributed by atoms with Gasteiger partial charge in [-0.15, -0.1) is 0 Å². The quantitative estimate of drug-likeness (QED) is 0.205. The molecule has 3 heterocycles. The molecule has 1 aromatic carbocycles. The Balaban J connectivity index is 1.66. The number of aromatic nitrogens is 2. The van der Waals surface area contributed by atoms with Gasteiger partial charge in [-0.3, -0.25) is 4.18 Å². The van der Waals surface area contributed by atoms with Crippen LogP contribution in [0.4, 0.5) is 0 Å². The number of hydrogen-bond acceptors (Lipinski definition) is 7. The molecular weight excluding hydrogens is 454 g/mol. The second-order valence-electron chi connectivity index (χ2n) is 9.22. The molecule has 4 rings (SSSR count). The van der Waals surface area contributed by atoms with Gasteiger partial charge in [-0.05, 0) is 75.9 Å². The molecule has 0 unspecified atom stereocenters. The summed E-state index contributed by atoms with van der Waals surface area (Å²) in [4.78, 5) is 10.3. The first-order valence-electron chi connectivity index (χ1n) is 11.1. The van der Waals surface area contributed by atoms with Crippen LogP contribution in [0.25, 0.3) is 27.9 Å². The summed E-state index contributed by atoms with van der Waals surface area (Å²) in [5.74, 6) is 0.595. The van der Waals surface area contributed by atoms with E-state index in [2.05, 4.69) is 10.1 Å². The van der Waals surface area contributed by atoms with E-state index >= 15 is 0 Å². The summed E-state index contributed by atoms with van der Waals surface area (Å²) in [6, 6.07) is 13.7. The maximum absolute atomic E-state index is 11.1. The molecule has 0 radical (unpaired) electrons. The van der Waals surface area contributed by atoms with Gasteiger partial charge in [0, 0.05) is 23.2 Å². The summed E-state index contributed by atoms with van der Waals surface area (Å²) >= 11 is 0. The van der Waals surface area contributed by atoms with E-state index in [1.54, 1.807) is 6.33 Å². The van der Waals surface area contributed by atoms with Crippen LogP contribution in [0.3, 0.4) is 0 Å². The zero-order chi connectivity index (χ0) is 24.3. The van der Waals surface area contributed by atoms with E-state index in [1.165, 1.54) is 0 Å². The van der Waals surface area contributed by atoms with Gasteiger partial charge in [0.25, 0.3) is 10.1 Å². The minimum atomic E-state index is -3.40. The minimum Gasteiger partial charge on any atom is -0.454 e. The number of hydrogen-bond donors (Lipinski definition) is 0. The minimum absolute atomic E-state index is 0.185. The Labute approximate surface area is 199 Å². The largest absolute Gasteiger partial charge is 0.454 e. The van der Waals surface area contributed by atoms with Gasteiger partial charge < -0.3 is 13.7 Å². The van der Waals surface area contributed by atoms with Gasteiger partial charge in [0.15, 0.2) is 5.76 Å². The highest BCUT2D eigenvalue weighted by Crippen LogP contribution is 2.23. The number of aryl methyl sites for hydroxylation is 1. The van der Waals surface area contributed by atoms with Crippen LogP contribution in [0.5, 0.6) is 0 Å². The number of nitrogens with zero attached hydrogens (tertiary/aromatic N) is 3. The van der Waals surface area contributed by atoms with Crippen LogP contribution < -0.4 is 5.36 Å². The zero-order valence-electron chi connectivity index (χ0n) is 19.8. The van der Waals surface area contributed by atoms with Gasteiger partial charge in [0.2, 0.25) is 0 Å². The summed E-state index contributed by atoms with van der Waals surface area (Å²) in [5.41, 5.74) is 3.04. The summed E-state index contributed by atoms with van der Waals surface area (Å²) < 4.78 is 35.2. The third-order valence-corrected chi connectivity index (χ3v) is 5.65. The van der Waals surface area contributed by atoms with E-state index < -0.39 is 15.7 Å². The lowest BCUT2D eigenvalue weighted by Gasteiger charge is -2.15. The molecule has 4 aromatic rings. The van der Waals surface area contributed by atoms with Crippen LogP contribution in [0.15, 0.2) is 64.6 Å². The fraction of sp³-hybridized carbons (Fsp3) is 0.360. The van der Waals surface area contributed by atoms with Crippen molar-refractivity contribution in [3.8, 4) is 11.5 Å². The lowest BCUT2D eigenvalue weighted by atomic mass is 10.1. The Morgan fingerprint density at radius 3 is 2.71 bits per heavy atom. The van der Waals surface area contributed by atoms with Crippen LogP contribution in [-0.2, 0) is 25.6 Å². The molecule has 0 saturated heterocycles. The topological polar surface area (TPSA) is 95.4 Å². The van der Waals surface area contributed by atoms with Crippen LogP contribution >= 0.6 is 0 Å². The Kier molecular flexibility index (Phi) is 6.77. The highest BCUT2D eigenvalue weighted by molar-refractivity contribution is 7.85. The maximum Gasteiger partial charge on any atom is 0.264 e. The molecule has 0 N–H and O–H groups in total. The standard InChI is InChI=1S/C25H29N3O5S/c1-25(2,3)33-27-21-16-24(22-15-19-9-7-12-28(19)17-26-22)32-23-11-10-18(14-20(21)23)8-5-6-13-31-34(4,29)30/h7,9-12,14-17H,5-6,8,13H2,1-4H3/b27-21-. The van der Waals surface area contributed by atoms with Crippen molar-refractivity contribution >= 4 is 26.6 Å². The van der Waals surface area contributed by atoms with E-state index in [0.717, 1.165) is 35.6 Å². The summed E-state index contributed by atoms with van der Waals surface area (Å²) in [7, 11) is -3.40. The molecule has 9 heteroatoms. The van der Waals surface area contributed by atoms with Gasteiger partial charge in [0.1, 0.15) is 22.2 Å². The molecule has 180 valence electrons. The highest BCUT2D eigenvalue weighted by Gasteiger charge is 2.13. The first-order chi connectivity index (χ1) is 16.1. The molecule has 0 bridgehead atoms. The van der Waals surface area contributed by atoms with Crippen molar-refractivity contribution in [2.45, 2.75) is 45.6 Å². The van der Waals surface area contributed by atoms with Crippen molar-refractivity contribution in [1.29, 1.82) is 0 Å². The number of unbranched alkanes of at least 4 members (excludes halogenated alkanes) is 1.